The number of hydrogen-bond donors (Lipinski definition) is 0. The number of hydrogen-bond acceptors (Lipinski definition) is 4. The number of benzene rings is 2. The van der Waals surface area contributed by atoms with Gasteiger partial charge in [0.2, 0.25) is 11.8 Å². The first-order valence-corrected chi connectivity index (χ1v) is 10.7. The first-order valence-electron chi connectivity index (χ1n) is 10.7. The van der Waals surface area contributed by atoms with Crippen LogP contribution < -0.4 is 9.64 Å². The van der Waals surface area contributed by atoms with Crippen LogP contribution in [0.4, 0.5) is 5.69 Å². The normalized spacial score (nSPS) is 19.9. The third-order valence-electron chi connectivity index (χ3n) is 5.87. The number of carbonyl (C=O) groups is 2. The molecule has 6 heteroatoms. The third kappa shape index (κ3) is 4.65. The van der Waals surface area contributed by atoms with E-state index in [1.165, 1.54) is 5.56 Å². The van der Waals surface area contributed by atoms with Crippen LogP contribution in [-0.4, -0.2) is 60.9 Å². The van der Waals surface area contributed by atoms with Gasteiger partial charge < -0.3 is 14.5 Å². The molecule has 0 aliphatic carbocycles. The highest BCUT2D eigenvalue weighted by atomic mass is 16.5. The lowest BCUT2D eigenvalue weighted by Crippen LogP contribution is -2.50. The Labute approximate surface area is 178 Å². The molecule has 2 fully saturated rings. The van der Waals surface area contributed by atoms with Crippen LogP contribution in [0.5, 0.6) is 5.75 Å². The van der Waals surface area contributed by atoms with Crippen molar-refractivity contribution in [2.75, 3.05) is 44.2 Å². The van der Waals surface area contributed by atoms with Gasteiger partial charge >= 0.3 is 0 Å². The van der Waals surface area contributed by atoms with Gasteiger partial charge in [0.1, 0.15) is 5.75 Å². The number of ether oxygens (including phenoxy) is 1. The fraction of sp³-hybridized carbons (Fsp3) is 0.417. The van der Waals surface area contributed by atoms with E-state index in [4.69, 9.17) is 4.74 Å². The molecule has 0 saturated carbocycles. The molecule has 6 nitrogen and oxygen atoms in total. The van der Waals surface area contributed by atoms with Gasteiger partial charge in [-0.15, -0.1) is 0 Å². The minimum atomic E-state index is -0.259. The summed E-state index contributed by atoms with van der Waals surface area (Å²) in [5.41, 5.74) is 2.12. The molecule has 1 atom stereocenters. The molecule has 2 amide bonds. The van der Waals surface area contributed by atoms with Gasteiger partial charge in [0.15, 0.2) is 0 Å². The molecule has 4 rings (SSSR count). The van der Waals surface area contributed by atoms with Gasteiger partial charge in [-0.3, -0.25) is 14.5 Å². The van der Waals surface area contributed by atoms with Gasteiger partial charge in [0.05, 0.1) is 12.5 Å². The highest BCUT2D eigenvalue weighted by molar-refractivity contribution is 6.00. The summed E-state index contributed by atoms with van der Waals surface area (Å²) in [7, 11) is 0. The minimum Gasteiger partial charge on any atom is -0.494 e. The number of amides is 2. The summed E-state index contributed by atoms with van der Waals surface area (Å²) in [5.74, 6) is 0.648. The Morgan fingerprint density at radius 1 is 1.00 bits per heavy atom. The molecule has 0 aromatic heterocycles. The fourth-order valence-corrected chi connectivity index (χ4v) is 4.24. The van der Waals surface area contributed by atoms with Crippen molar-refractivity contribution in [3.05, 3.63) is 60.2 Å². The van der Waals surface area contributed by atoms with Gasteiger partial charge in [-0.05, 0) is 36.8 Å². The first kappa shape index (κ1) is 20.4. The van der Waals surface area contributed by atoms with Gasteiger partial charge in [-0.2, -0.15) is 0 Å². The zero-order valence-corrected chi connectivity index (χ0v) is 17.5. The Morgan fingerprint density at radius 2 is 1.70 bits per heavy atom. The van der Waals surface area contributed by atoms with Gasteiger partial charge in [0.25, 0.3) is 0 Å². The highest BCUT2D eigenvalue weighted by Gasteiger charge is 2.37. The van der Waals surface area contributed by atoms with E-state index in [-0.39, 0.29) is 24.2 Å². The lowest BCUT2D eigenvalue weighted by atomic mass is 10.1. The molecule has 2 aromatic carbocycles. The van der Waals surface area contributed by atoms with Gasteiger partial charge in [0, 0.05) is 51.4 Å². The number of nitrogens with zero attached hydrogens (tertiary/aromatic N) is 3. The number of anilines is 1. The maximum absolute atomic E-state index is 13.0. The fourth-order valence-electron chi connectivity index (χ4n) is 4.24. The van der Waals surface area contributed by atoms with E-state index in [0.29, 0.717) is 13.2 Å². The average Bonchev–Trinajstić information content (AvgIpc) is 3.17. The van der Waals surface area contributed by atoms with E-state index in [1.807, 2.05) is 42.2 Å². The number of piperazine rings is 1. The summed E-state index contributed by atoms with van der Waals surface area (Å²) in [6, 6.07) is 17.9. The smallest absolute Gasteiger partial charge is 0.228 e. The zero-order valence-electron chi connectivity index (χ0n) is 17.5. The lowest BCUT2D eigenvalue weighted by Gasteiger charge is -2.36. The van der Waals surface area contributed by atoms with Crippen molar-refractivity contribution in [3.8, 4) is 5.75 Å². The molecule has 2 saturated heterocycles. The van der Waals surface area contributed by atoms with E-state index in [2.05, 4.69) is 29.2 Å². The maximum Gasteiger partial charge on any atom is 0.228 e. The van der Waals surface area contributed by atoms with Crippen LogP contribution in [0, 0.1) is 5.92 Å². The predicted molar refractivity (Wildman–Crippen MR) is 116 cm³/mol. The van der Waals surface area contributed by atoms with E-state index in [9.17, 15) is 9.59 Å². The number of rotatable bonds is 6. The summed E-state index contributed by atoms with van der Waals surface area (Å²) in [5, 5.41) is 0. The molecule has 0 radical (unpaired) electrons. The highest BCUT2D eigenvalue weighted by Crippen LogP contribution is 2.28. The lowest BCUT2D eigenvalue weighted by molar-refractivity contribution is -0.137. The van der Waals surface area contributed by atoms with Crippen molar-refractivity contribution >= 4 is 17.5 Å². The summed E-state index contributed by atoms with van der Waals surface area (Å²) < 4.78 is 5.47. The molecule has 2 heterocycles. The number of carbonyl (C=O) groups excluding carboxylic acids is 2. The van der Waals surface area contributed by atoms with Crippen LogP contribution in [0.2, 0.25) is 0 Å². The molecule has 158 valence electrons. The predicted octanol–water partition coefficient (Wildman–Crippen LogP) is 2.78. The Bertz CT molecular complexity index is 861. The molecule has 0 N–H and O–H groups in total. The molecule has 0 spiro atoms. The van der Waals surface area contributed by atoms with E-state index in [1.54, 1.807) is 4.90 Å². The standard InChI is InChI=1S/C24H29N3O3/c1-2-30-22-10-8-21(9-11-22)27-18-20(16-23(27)28)24(29)26-14-12-25(13-15-26)17-19-6-4-3-5-7-19/h3-11,20H,2,12-18H2,1H3/t20-/m0/s1. The summed E-state index contributed by atoms with van der Waals surface area (Å²) >= 11 is 0. The largest absolute Gasteiger partial charge is 0.494 e. The quantitative estimate of drug-likeness (QED) is 0.739. The van der Waals surface area contributed by atoms with Crippen molar-refractivity contribution in [1.82, 2.24) is 9.80 Å². The van der Waals surface area contributed by atoms with Crippen LogP contribution in [0.1, 0.15) is 18.9 Å². The second kappa shape index (κ2) is 9.30. The molecule has 30 heavy (non-hydrogen) atoms. The Morgan fingerprint density at radius 3 is 2.37 bits per heavy atom. The molecular formula is C24H29N3O3. The second-order valence-electron chi connectivity index (χ2n) is 7.92. The summed E-state index contributed by atoms with van der Waals surface area (Å²) in [6.07, 6.45) is 0.288. The molecule has 0 unspecified atom stereocenters. The van der Waals surface area contributed by atoms with Crippen molar-refractivity contribution in [1.29, 1.82) is 0 Å². The SMILES string of the molecule is CCOc1ccc(N2C[C@@H](C(=O)N3CCN(Cc4ccccc4)CC3)CC2=O)cc1. The van der Waals surface area contributed by atoms with Gasteiger partial charge in [-0.1, -0.05) is 30.3 Å². The van der Waals surface area contributed by atoms with Crippen LogP contribution in [0.15, 0.2) is 54.6 Å². The monoisotopic (exact) mass is 407 g/mol. The third-order valence-corrected chi connectivity index (χ3v) is 5.87. The molecular weight excluding hydrogens is 378 g/mol. The molecule has 2 aliphatic heterocycles. The van der Waals surface area contributed by atoms with Crippen molar-refractivity contribution in [2.45, 2.75) is 19.9 Å². The van der Waals surface area contributed by atoms with Crippen molar-refractivity contribution in [2.24, 2.45) is 5.92 Å². The van der Waals surface area contributed by atoms with Gasteiger partial charge in [-0.25, -0.2) is 0 Å². The zero-order chi connectivity index (χ0) is 20.9. The van der Waals surface area contributed by atoms with Crippen LogP contribution in [0.25, 0.3) is 0 Å². The van der Waals surface area contributed by atoms with Crippen LogP contribution >= 0.6 is 0 Å². The maximum atomic E-state index is 13.0. The Balaban J connectivity index is 1.30. The molecule has 2 aliphatic rings. The van der Waals surface area contributed by atoms with E-state index < -0.39 is 0 Å². The van der Waals surface area contributed by atoms with Crippen molar-refractivity contribution in [3.63, 3.8) is 0 Å². The summed E-state index contributed by atoms with van der Waals surface area (Å²) in [4.78, 5) is 31.6. The Hall–Kier alpha value is -2.86. The topological polar surface area (TPSA) is 53.1 Å². The second-order valence-corrected chi connectivity index (χ2v) is 7.92. The van der Waals surface area contributed by atoms with Crippen molar-refractivity contribution < 1.29 is 14.3 Å². The minimum absolute atomic E-state index is 0.0141. The van der Waals surface area contributed by atoms with E-state index in [0.717, 1.165) is 44.2 Å². The molecule has 0 bridgehead atoms. The molecule has 2 aromatic rings. The van der Waals surface area contributed by atoms with E-state index >= 15 is 0 Å². The summed E-state index contributed by atoms with van der Waals surface area (Å²) in [6.45, 7) is 7.09. The Kier molecular flexibility index (Phi) is 6.33. The first-order chi connectivity index (χ1) is 14.6. The average molecular weight is 408 g/mol. The van der Waals surface area contributed by atoms with Crippen LogP contribution in [0.3, 0.4) is 0 Å². The van der Waals surface area contributed by atoms with Crippen LogP contribution in [-0.2, 0) is 16.1 Å².